The summed E-state index contributed by atoms with van der Waals surface area (Å²) in [5.74, 6) is -0.503. The molecule has 2 aromatic rings. The summed E-state index contributed by atoms with van der Waals surface area (Å²) in [6.07, 6.45) is 0.779. The van der Waals surface area contributed by atoms with Gasteiger partial charge in [0.25, 0.3) is 0 Å². The van der Waals surface area contributed by atoms with E-state index in [0.717, 1.165) is 29.9 Å². The molecule has 24 heavy (non-hydrogen) atoms. The number of aromatic nitrogens is 1. The first-order valence-electron chi connectivity index (χ1n) is 8.36. The molecule has 0 saturated carbocycles. The van der Waals surface area contributed by atoms with Crippen LogP contribution in [0, 0.1) is 12.7 Å². The molecule has 1 aromatic carbocycles. The van der Waals surface area contributed by atoms with E-state index >= 15 is 0 Å². The van der Waals surface area contributed by atoms with Gasteiger partial charge in [0.15, 0.2) is 0 Å². The van der Waals surface area contributed by atoms with Crippen LogP contribution in [0.1, 0.15) is 55.0 Å². The normalized spacial score (nSPS) is 11.6. The van der Waals surface area contributed by atoms with Gasteiger partial charge < -0.3 is 9.30 Å². The minimum atomic E-state index is -0.277. The van der Waals surface area contributed by atoms with Crippen LogP contribution >= 0.6 is 0 Å². The highest BCUT2D eigenvalue weighted by Gasteiger charge is 2.25. The minimum absolute atomic E-state index is 0.0850. The van der Waals surface area contributed by atoms with Crippen LogP contribution in [0.25, 0.3) is 0 Å². The van der Waals surface area contributed by atoms with Gasteiger partial charge in [-0.1, -0.05) is 32.9 Å². The number of rotatable bonds is 5. The molecule has 0 bridgehead atoms. The van der Waals surface area contributed by atoms with E-state index in [2.05, 4.69) is 25.3 Å². The van der Waals surface area contributed by atoms with Crippen molar-refractivity contribution in [2.45, 2.75) is 53.0 Å². The predicted octanol–water partition coefficient (Wildman–Crippen LogP) is 4.65. The summed E-state index contributed by atoms with van der Waals surface area (Å²) in [4.78, 5) is 12.2. The molecule has 3 nitrogen and oxygen atoms in total. The topological polar surface area (TPSA) is 31.2 Å². The number of benzene rings is 1. The van der Waals surface area contributed by atoms with Gasteiger partial charge in [-0.25, -0.2) is 9.18 Å². The Morgan fingerprint density at radius 3 is 2.38 bits per heavy atom. The van der Waals surface area contributed by atoms with Crippen LogP contribution in [0.3, 0.4) is 0 Å². The van der Waals surface area contributed by atoms with Gasteiger partial charge in [-0.3, -0.25) is 0 Å². The van der Waals surface area contributed by atoms with Gasteiger partial charge in [-0.15, -0.1) is 0 Å². The molecule has 0 spiro atoms. The van der Waals surface area contributed by atoms with Crippen LogP contribution in [0.15, 0.2) is 30.3 Å². The molecule has 4 heteroatoms. The summed E-state index contributed by atoms with van der Waals surface area (Å²) in [5, 5.41) is 0. The number of carbonyl (C=O) groups excluding carboxylic acids is 1. The van der Waals surface area contributed by atoms with Crippen molar-refractivity contribution in [3.05, 3.63) is 58.7 Å². The van der Waals surface area contributed by atoms with E-state index in [1.165, 1.54) is 12.1 Å². The third-order valence-electron chi connectivity index (χ3n) is 4.17. The number of nitrogens with zero attached hydrogens (tertiary/aromatic N) is 1. The van der Waals surface area contributed by atoms with Gasteiger partial charge in [0, 0.05) is 23.3 Å². The molecule has 0 atom stereocenters. The molecule has 0 radical (unpaired) electrons. The Labute approximate surface area is 143 Å². The molecular formula is C20H26FNO2. The average molecular weight is 331 g/mol. The molecule has 0 unspecified atom stereocenters. The summed E-state index contributed by atoms with van der Waals surface area (Å²) in [6.45, 7) is 11.3. The summed E-state index contributed by atoms with van der Waals surface area (Å²) in [7, 11) is 0. The molecule has 130 valence electrons. The van der Waals surface area contributed by atoms with E-state index in [1.54, 1.807) is 12.1 Å². The second kappa shape index (κ2) is 7.20. The van der Waals surface area contributed by atoms with E-state index in [0.29, 0.717) is 12.2 Å². The van der Waals surface area contributed by atoms with Crippen molar-refractivity contribution < 1.29 is 13.9 Å². The first-order chi connectivity index (χ1) is 11.2. The zero-order valence-electron chi connectivity index (χ0n) is 15.1. The lowest BCUT2D eigenvalue weighted by atomic mass is 9.91. The van der Waals surface area contributed by atoms with Crippen LogP contribution in [0.5, 0.6) is 0 Å². The first-order valence-corrected chi connectivity index (χ1v) is 8.36. The fraction of sp³-hybridized carbons (Fsp3) is 0.450. The monoisotopic (exact) mass is 331 g/mol. The Hall–Kier alpha value is -2.10. The lowest BCUT2D eigenvalue weighted by molar-refractivity contribution is 0.0525. The molecule has 1 heterocycles. The van der Waals surface area contributed by atoms with Crippen LogP contribution in [0.2, 0.25) is 0 Å². The second-order valence-corrected chi connectivity index (χ2v) is 7.03. The smallest absolute Gasteiger partial charge is 0.339 e. The second-order valence-electron chi connectivity index (χ2n) is 7.03. The third-order valence-corrected chi connectivity index (χ3v) is 4.17. The zero-order valence-corrected chi connectivity index (χ0v) is 15.1. The predicted molar refractivity (Wildman–Crippen MR) is 93.9 cm³/mol. The number of ether oxygens (including phenoxy) is 1. The molecule has 0 aliphatic carbocycles. The van der Waals surface area contributed by atoms with Crippen molar-refractivity contribution in [2.24, 2.45) is 0 Å². The minimum Gasteiger partial charge on any atom is -0.462 e. The molecule has 0 aliphatic rings. The van der Waals surface area contributed by atoms with E-state index in [1.807, 2.05) is 19.9 Å². The van der Waals surface area contributed by atoms with Gasteiger partial charge in [0.2, 0.25) is 0 Å². The van der Waals surface area contributed by atoms with Crippen molar-refractivity contribution in [2.75, 3.05) is 6.61 Å². The highest BCUT2D eigenvalue weighted by molar-refractivity contribution is 5.91. The Morgan fingerprint density at radius 2 is 1.83 bits per heavy atom. The van der Waals surface area contributed by atoms with Gasteiger partial charge in [0.05, 0.1) is 12.2 Å². The Kier molecular flexibility index (Phi) is 5.47. The summed E-state index contributed by atoms with van der Waals surface area (Å²) >= 11 is 0. The fourth-order valence-electron chi connectivity index (χ4n) is 2.86. The zero-order chi connectivity index (χ0) is 17.9. The maximum Gasteiger partial charge on any atom is 0.339 e. The van der Waals surface area contributed by atoms with Crippen LogP contribution in [-0.2, 0) is 23.1 Å². The maximum atomic E-state index is 13.0. The van der Waals surface area contributed by atoms with Crippen molar-refractivity contribution in [3.8, 4) is 0 Å². The van der Waals surface area contributed by atoms with Crippen molar-refractivity contribution in [1.82, 2.24) is 4.57 Å². The Bertz CT molecular complexity index is 708. The molecule has 0 aliphatic heterocycles. The van der Waals surface area contributed by atoms with Gasteiger partial charge >= 0.3 is 5.97 Å². The molecule has 0 saturated heterocycles. The lowest BCUT2D eigenvalue weighted by Gasteiger charge is -2.22. The number of esters is 1. The highest BCUT2D eigenvalue weighted by Crippen LogP contribution is 2.28. The van der Waals surface area contributed by atoms with E-state index in [4.69, 9.17) is 4.74 Å². The summed E-state index contributed by atoms with van der Waals surface area (Å²) in [5.41, 5.74) is 3.63. The van der Waals surface area contributed by atoms with Crippen LogP contribution < -0.4 is 0 Å². The largest absolute Gasteiger partial charge is 0.462 e. The van der Waals surface area contributed by atoms with Crippen molar-refractivity contribution in [1.29, 1.82) is 0 Å². The quantitative estimate of drug-likeness (QED) is 0.747. The van der Waals surface area contributed by atoms with E-state index in [9.17, 15) is 9.18 Å². The molecule has 0 fully saturated rings. The SMILES string of the molecule is CCOC(=O)c1cc(C(C)(C)C)n(CCc2ccc(F)cc2)c1C. The van der Waals surface area contributed by atoms with E-state index < -0.39 is 0 Å². The number of hydrogen-bond acceptors (Lipinski definition) is 2. The molecule has 2 rings (SSSR count). The third kappa shape index (κ3) is 4.05. The highest BCUT2D eigenvalue weighted by atomic mass is 19.1. The number of halogens is 1. The van der Waals surface area contributed by atoms with E-state index in [-0.39, 0.29) is 17.2 Å². The lowest BCUT2D eigenvalue weighted by Crippen LogP contribution is -2.19. The Balaban J connectivity index is 2.32. The van der Waals surface area contributed by atoms with Crippen LogP contribution in [0.4, 0.5) is 4.39 Å². The molecule has 0 amide bonds. The number of hydrogen-bond donors (Lipinski definition) is 0. The van der Waals surface area contributed by atoms with Gasteiger partial charge in [0.1, 0.15) is 5.82 Å². The maximum absolute atomic E-state index is 13.0. The van der Waals surface area contributed by atoms with Crippen molar-refractivity contribution in [3.63, 3.8) is 0 Å². The summed E-state index contributed by atoms with van der Waals surface area (Å²) in [6, 6.07) is 8.51. The standard InChI is InChI=1S/C20H26FNO2/c1-6-24-19(23)17-13-18(20(3,4)5)22(14(17)2)12-11-15-7-9-16(21)10-8-15/h7-10,13H,6,11-12H2,1-5H3. The average Bonchev–Trinajstić information content (AvgIpc) is 2.84. The molecular weight excluding hydrogens is 305 g/mol. The molecule has 0 N–H and O–H groups in total. The first kappa shape index (κ1) is 18.2. The van der Waals surface area contributed by atoms with Crippen molar-refractivity contribution >= 4 is 5.97 Å². The number of carbonyl (C=O) groups is 1. The Morgan fingerprint density at radius 1 is 1.21 bits per heavy atom. The van der Waals surface area contributed by atoms with Crippen LogP contribution in [-0.4, -0.2) is 17.1 Å². The fourth-order valence-corrected chi connectivity index (χ4v) is 2.86. The number of aryl methyl sites for hydroxylation is 1. The van der Waals surface area contributed by atoms with Gasteiger partial charge in [-0.2, -0.15) is 0 Å². The summed E-state index contributed by atoms with van der Waals surface area (Å²) < 4.78 is 20.4. The van der Waals surface area contributed by atoms with Gasteiger partial charge in [-0.05, 0) is 44.0 Å². The molecule has 1 aromatic heterocycles.